The second-order valence-electron chi connectivity index (χ2n) is 16.9. The molecule has 4 aliphatic rings. The Morgan fingerprint density at radius 3 is 1.83 bits per heavy atom. The fourth-order valence-corrected chi connectivity index (χ4v) is 10.3. The van der Waals surface area contributed by atoms with Crippen LogP contribution in [0.5, 0.6) is 0 Å². The number of ether oxygens (including phenoxy) is 4. The summed E-state index contributed by atoms with van der Waals surface area (Å²) in [6.45, 7) is 4.60. The number of thioether (sulfide) groups is 1. The second kappa shape index (κ2) is 21.8. The van der Waals surface area contributed by atoms with Gasteiger partial charge in [-0.2, -0.15) is 0 Å². The average molecular weight is 976 g/mol. The summed E-state index contributed by atoms with van der Waals surface area (Å²) < 4.78 is 21.7. The first-order chi connectivity index (χ1) is 33.0. The minimum atomic E-state index is -1.02. The van der Waals surface area contributed by atoms with Crippen LogP contribution in [-0.2, 0) is 53.2 Å². The predicted molar refractivity (Wildman–Crippen MR) is 242 cm³/mol. The molecule has 23 nitrogen and oxygen atoms in total. The molecule has 7 rings (SSSR count). The van der Waals surface area contributed by atoms with Crippen molar-refractivity contribution in [3.63, 3.8) is 0 Å². The topological polar surface area (TPSA) is 285 Å². The first kappa shape index (κ1) is 49.7. The molecule has 24 heteroatoms. The molecule has 0 bridgehead atoms. The zero-order valence-electron chi connectivity index (χ0n) is 37.5. The first-order valence-electron chi connectivity index (χ1n) is 22.0. The van der Waals surface area contributed by atoms with E-state index in [2.05, 4.69) is 0 Å². The van der Waals surface area contributed by atoms with E-state index in [9.17, 15) is 59.4 Å². The lowest BCUT2D eigenvalue weighted by molar-refractivity contribution is -0.385. The van der Waals surface area contributed by atoms with E-state index in [1.807, 2.05) is 11.8 Å². The van der Waals surface area contributed by atoms with Gasteiger partial charge in [-0.1, -0.05) is 6.92 Å². The summed E-state index contributed by atoms with van der Waals surface area (Å²) in [4.78, 5) is 107. The largest absolute Gasteiger partial charge is 0.508 e. The molecule has 366 valence electrons. The normalized spacial score (nSPS) is 21.7. The zero-order chi connectivity index (χ0) is 49.5. The number of likely N-dealkylation sites (tertiary alicyclic amines) is 1. The maximum absolute atomic E-state index is 14.5. The van der Waals surface area contributed by atoms with Crippen molar-refractivity contribution < 1.29 is 62.8 Å². The number of nitro benzene ring substituents is 3. The zero-order valence-corrected chi connectivity index (χ0v) is 38.3. The molecule has 3 saturated heterocycles. The molecule has 0 radical (unpaired) electrons. The van der Waals surface area contributed by atoms with E-state index < -0.39 is 74.2 Å². The standard InChI is InChI=1S/C45H49N7O16S/c1-27-38-37(28(2)53)42(55)49(38)39(43(56)66-24-29-4-10-32(11-5-29)50(59)60)40(27)69-35-22-36(48(23-35)44(57)67-25-30-6-12-33(13-7-30)51(61)62)41(54)47-17-3-16-46(18-19-47)20-21-65-45(58)68-26-31-8-14-34(15-9-31)52(63)64/h4-15,27-28,35-38,53H,3,16-26H2,1-2H3/t27-,28-,35+,36+,37-,38-/m1/s1. The van der Waals surface area contributed by atoms with Crippen molar-refractivity contribution in [3.05, 3.63) is 130 Å². The first-order valence-corrected chi connectivity index (χ1v) is 22.9. The summed E-state index contributed by atoms with van der Waals surface area (Å²) in [7, 11) is 0. The fraction of sp³-hybridized carbons (Fsp3) is 0.444. The third kappa shape index (κ3) is 11.6. The molecule has 4 aliphatic heterocycles. The summed E-state index contributed by atoms with van der Waals surface area (Å²) in [5, 5.41) is 43.3. The number of β-lactam (4-membered cyclic amide) rings is 1. The van der Waals surface area contributed by atoms with E-state index in [0.717, 1.165) is 0 Å². The Bertz CT molecular complexity index is 2490. The summed E-state index contributed by atoms with van der Waals surface area (Å²) in [6, 6.07) is 14.9. The van der Waals surface area contributed by atoms with Gasteiger partial charge in [0, 0.05) is 91.7 Å². The number of nitrogens with zero attached hydrogens (tertiary/aromatic N) is 7. The quantitative estimate of drug-likeness (QED) is 0.0617. The molecule has 69 heavy (non-hydrogen) atoms. The SMILES string of the molecule is C[C@@H](O)[C@H]1C(=O)N2C(C(=O)OCc3ccc([N+](=O)[O-])cc3)=C(S[C@H]3C[C@@H](C(=O)N4CCCN(CCOC(=O)OCc5ccc([N+](=O)[O-])cc5)CC4)N(C(=O)OCc4ccc([N+](=O)[O-])cc4)C3)[C@H](C)[C@H]12. The average Bonchev–Trinajstić information content (AvgIpc) is 3.75. The minimum Gasteiger partial charge on any atom is -0.456 e. The van der Waals surface area contributed by atoms with Gasteiger partial charge in [0.15, 0.2) is 0 Å². The van der Waals surface area contributed by atoms with Gasteiger partial charge in [0.2, 0.25) is 11.8 Å². The number of nitro groups is 3. The summed E-state index contributed by atoms with van der Waals surface area (Å²) in [6.07, 6.45) is -2.06. The van der Waals surface area contributed by atoms with Crippen LogP contribution in [0.3, 0.4) is 0 Å². The lowest BCUT2D eigenvalue weighted by atomic mass is 9.79. The lowest BCUT2D eigenvalue weighted by Crippen LogP contribution is -2.63. The van der Waals surface area contributed by atoms with E-state index in [1.165, 1.54) is 101 Å². The number of aliphatic hydroxyl groups is 1. The highest BCUT2D eigenvalue weighted by atomic mass is 32.2. The number of carbonyl (C=O) groups excluding carboxylic acids is 5. The highest BCUT2D eigenvalue weighted by molar-refractivity contribution is 8.03. The third-order valence-electron chi connectivity index (χ3n) is 12.4. The van der Waals surface area contributed by atoms with Crippen LogP contribution in [0, 0.1) is 42.2 Å². The van der Waals surface area contributed by atoms with Gasteiger partial charge in [-0.3, -0.25) is 49.7 Å². The smallest absolute Gasteiger partial charge is 0.456 e. The molecule has 0 aliphatic carbocycles. The van der Waals surface area contributed by atoms with Gasteiger partial charge in [-0.15, -0.1) is 11.8 Å². The molecule has 4 heterocycles. The summed E-state index contributed by atoms with van der Waals surface area (Å²) in [5.41, 5.74) is 1.08. The lowest BCUT2D eigenvalue weighted by Gasteiger charge is -2.46. The van der Waals surface area contributed by atoms with Crippen molar-refractivity contribution in [2.75, 3.05) is 45.9 Å². The van der Waals surface area contributed by atoms with E-state index in [-0.39, 0.29) is 74.6 Å². The Morgan fingerprint density at radius 1 is 0.754 bits per heavy atom. The number of hydrogen-bond acceptors (Lipinski definition) is 18. The monoisotopic (exact) mass is 975 g/mol. The molecule has 0 spiro atoms. The van der Waals surface area contributed by atoms with E-state index in [1.54, 1.807) is 4.90 Å². The molecular formula is C45H49N7O16S. The van der Waals surface area contributed by atoms with E-state index >= 15 is 0 Å². The molecule has 0 saturated carbocycles. The van der Waals surface area contributed by atoms with Gasteiger partial charge < -0.3 is 33.9 Å². The number of hydrogen-bond donors (Lipinski definition) is 1. The number of amides is 3. The van der Waals surface area contributed by atoms with Gasteiger partial charge in [-0.05, 0) is 72.9 Å². The van der Waals surface area contributed by atoms with Gasteiger partial charge in [-0.25, -0.2) is 14.4 Å². The van der Waals surface area contributed by atoms with Crippen LogP contribution >= 0.6 is 11.8 Å². The molecule has 3 aromatic rings. The third-order valence-corrected chi connectivity index (χ3v) is 13.9. The maximum Gasteiger partial charge on any atom is 0.508 e. The number of benzene rings is 3. The highest BCUT2D eigenvalue weighted by Gasteiger charge is 2.61. The van der Waals surface area contributed by atoms with Crippen molar-refractivity contribution >= 4 is 58.9 Å². The Morgan fingerprint density at radius 2 is 1.29 bits per heavy atom. The number of aliphatic hydroxyl groups excluding tert-OH is 1. The van der Waals surface area contributed by atoms with Gasteiger partial charge in [0.25, 0.3) is 17.1 Å². The molecule has 3 fully saturated rings. The molecule has 6 atom stereocenters. The van der Waals surface area contributed by atoms with Crippen LogP contribution < -0.4 is 0 Å². The van der Waals surface area contributed by atoms with Crippen molar-refractivity contribution in [2.45, 2.75) is 69.9 Å². The van der Waals surface area contributed by atoms with Crippen LogP contribution in [0.15, 0.2) is 83.4 Å². The van der Waals surface area contributed by atoms with Crippen LogP contribution in [-0.4, -0.2) is 139 Å². The Labute approximate surface area is 398 Å². The molecule has 1 N–H and O–H groups in total. The van der Waals surface area contributed by atoms with Crippen LogP contribution in [0.4, 0.5) is 26.7 Å². The Hall–Kier alpha value is -7.18. The summed E-state index contributed by atoms with van der Waals surface area (Å²) >= 11 is 1.24. The maximum atomic E-state index is 14.5. The molecule has 3 amide bonds. The molecule has 0 aromatic heterocycles. The second-order valence-corrected chi connectivity index (χ2v) is 18.3. The van der Waals surface area contributed by atoms with Crippen molar-refractivity contribution in [2.24, 2.45) is 11.8 Å². The van der Waals surface area contributed by atoms with E-state index in [4.69, 9.17) is 18.9 Å². The Balaban J connectivity index is 1.03. The number of esters is 1. The number of carbonyl (C=O) groups is 5. The van der Waals surface area contributed by atoms with Crippen LogP contribution in [0.1, 0.15) is 43.4 Å². The number of non-ortho nitro benzene ring substituents is 3. The molecular weight excluding hydrogens is 927 g/mol. The summed E-state index contributed by atoms with van der Waals surface area (Å²) in [5.74, 6) is -2.88. The highest BCUT2D eigenvalue weighted by Crippen LogP contribution is 2.52. The van der Waals surface area contributed by atoms with Crippen molar-refractivity contribution in [1.29, 1.82) is 0 Å². The van der Waals surface area contributed by atoms with E-state index in [0.29, 0.717) is 54.2 Å². The molecule has 0 unspecified atom stereocenters. The van der Waals surface area contributed by atoms with Crippen molar-refractivity contribution in [3.8, 4) is 0 Å². The van der Waals surface area contributed by atoms with Gasteiger partial charge >= 0.3 is 18.2 Å². The molecule has 3 aromatic carbocycles. The Kier molecular flexibility index (Phi) is 15.7. The van der Waals surface area contributed by atoms with Crippen molar-refractivity contribution in [1.82, 2.24) is 19.6 Å². The van der Waals surface area contributed by atoms with Gasteiger partial charge in [0.05, 0.1) is 32.8 Å². The van der Waals surface area contributed by atoms with Crippen LogP contribution in [0.25, 0.3) is 0 Å². The number of rotatable bonds is 17. The minimum absolute atomic E-state index is 0.00243. The van der Waals surface area contributed by atoms with Crippen LogP contribution in [0.2, 0.25) is 0 Å². The predicted octanol–water partition coefficient (Wildman–Crippen LogP) is 4.92. The van der Waals surface area contributed by atoms with Gasteiger partial charge in [0.1, 0.15) is 38.2 Å². The fourth-order valence-electron chi connectivity index (χ4n) is 8.82. The number of fused-ring (bicyclic) bond motifs is 1.